The Morgan fingerprint density at radius 3 is 2.79 bits per heavy atom. The number of allylic oxidation sites excluding steroid dienone is 1. The fourth-order valence-electron chi connectivity index (χ4n) is 2.14. The highest BCUT2D eigenvalue weighted by Gasteiger charge is 2.08. The van der Waals surface area contributed by atoms with E-state index in [1.165, 1.54) is 6.21 Å². The monoisotopic (exact) mass is 320 g/mol. The molecule has 0 bridgehead atoms. The zero-order valence-electron chi connectivity index (χ0n) is 13.0. The molecule has 0 aliphatic carbocycles. The van der Waals surface area contributed by atoms with Crippen LogP contribution in [0.15, 0.2) is 48.8 Å². The van der Waals surface area contributed by atoms with Crippen LogP contribution in [-0.2, 0) is 0 Å². The summed E-state index contributed by atoms with van der Waals surface area (Å²) in [6, 6.07) is 9.33. The van der Waals surface area contributed by atoms with Gasteiger partial charge in [-0.05, 0) is 42.5 Å². The third-order valence-corrected chi connectivity index (χ3v) is 3.31. The summed E-state index contributed by atoms with van der Waals surface area (Å²) in [6.45, 7) is 0. The van der Waals surface area contributed by atoms with Gasteiger partial charge in [-0.2, -0.15) is 5.10 Å². The van der Waals surface area contributed by atoms with Crippen LogP contribution in [0.2, 0.25) is 0 Å². The summed E-state index contributed by atoms with van der Waals surface area (Å²) in [6.07, 6.45) is 7.98. The third-order valence-electron chi connectivity index (χ3n) is 3.31. The van der Waals surface area contributed by atoms with Crippen LogP contribution in [0.25, 0.3) is 17.3 Å². The minimum absolute atomic E-state index is 0.487. The highest BCUT2D eigenvalue weighted by molar-refractivity contribution is 5.79. The van der Waals surface area contributed by atoms with Crippen molar-refractivity contribution >= 4 is 23.9 Å². The number of hydrogen-bond acceptors (Lipinski definition) is 6. The second-order valence-corrected chi connectivity index (χ2v) is 4.84. The minimum Gasteiger partial charge on any atom is -0.497 e. The summed E-state index contributed by atoms with van der Waals surface area (Å²) in [5, 5.41) is 17.2. The molecule has 3 aromatic rings. The zero-order valence-corrected chi connectivity index (χ0v) is 13.0. The predicted octanol–water partition coefficient (Wildman–Crippen LogP) is 3.28. The average molecular weight is 320 g/mol. The van der Waals surface area contributed by atoms with Gasteiger partial charge >= 0.3 is 0 Å². The molecule has 0 spiro atoms. The van der Waals surface area contributed by atoms with Crippen LogP contribution in [0, 0.1) is 5.41 Å². The molecule has 0 saturated heterocycles. The van der Waals surface area contributed by atoms with Crippen molar-refractivity contribution in [3.05, 3.63) is 54.5 Å². The maximum absolute atomic E-state index is 7.08. The second kappa shape index (κ2) is 7.19. The Kier molecular flexibility index (Phi) is 4.62. The number of aromatic nitrogens is 4. The number of hydrogen-bond donors (Lipinski definition) is 3. The summed E-state index contributed by atoms with van der Waals surface area (Å²) < 4.78 is 5.14. The van der Waals surface area contributed by atoms with Gasteiger partial charge in [0.15, 0.2) is 0 Å². The van der Waals surface area contributed by atoms with Crippen molar-refractivity contribution in [3.8, 4) is 17.0 Å². The van der Waals surface area contributed by atoms with Gasteiger partial charge in [-0.3, -0.25) is 5.10 Å². The van der Waals surface area contributed by atoms with Crippen LogP contribution in [0.3, 0.4) is 0 Å². The number of anilines is 2. The fourth-order valence-corrected chi connectivity index (χ4v) is 2.14. The minimum atomic E-state index is 0.487. The lowest BCUT2D eigenvalue weighted by Gasteiger charge is -2.07. The van der Waals surface area contributed by atoms with Gasteiger partial charge in [-0.25, -0.2) is 9.97 Å². The van der Waals surface area contributed by atoms with Crippen molar-refractivity contribution in [3.63, 3.8) is 0 Å². The highest BCUT2D eigenvalue weighted by Crippen LogP contribution is 2.23. The van der Waals surface area contributed by atoms with Crippen molar-refractivity contribution in [2.24, 2.45) is 0 Å². The highest BCUT2D eigenvalue weighted by atomic mass is 16.5. The number of methoxy groups -OCH3 is 1. The molecule has 0 atom stereocenters. The van der Waals surface area contributed by atoms with Gasteiger partial charge in [-0.15, -0.1) is 0 Å². The van der Waals surface area contributed by atoms with Gasteiger partial charge in [0.2, 0.25) is 5.95 Å². The second-order valence-electron chi connectivity index (χ2n) is 4.84. The fraction of sp³-hybridized carbons (Fsp3) is 0.0588. The number of benzene rings is 1. The van der Waals surface area contributed by atoms with Crippen LogP contribution in [-0.4, -0.2) is 33.5 Å². The molecule has 0 radical (unpaired) electrons. The first-order valence-electron chi connectivity index (χ1n) is 7.25. The molecule has 120 valence electrons. The van der Waals surface area contributed by atoms with Crippen LogP contribution < -0.4 is 10.1 Å². The van der Waals surface area contributed by atoms with E-state index < -0.39 is 0 Å². The lowest BCUT2D eigenvalue weighted by molar-refractivity contribution is 0.415. The zero-order chi connectivity index (χ0) is 16.8. The third kappa shape index (κ3) is 3.46. The summed E-state index contributed by atoms with van der Waals surface area (Å²) in [5.41, 5.74) is 3.23. The lowest BCUT2D eigenvalue weighted by atomic mass is 10.1. The molecule has 3 rings (SSSR count). The first-order chi connectivity index (χ1) is 11.8. The maximum atomic E-state index is 7.08. The Bertz CT molecular complexity index is 854. The van der Waals surface area contributed by atoms with E-state index in [1.54, 1.807) is 31.7 Å². The van der Waals surface area contributed by atoms with Crippen molar-refractivity contribution in [2.45, 2.75) is 0 Å². The van der Waals surface area contributed by atoms with Crippen molar-refractivity contribution < 1.29 is 4.74 Å². The van der Waals surface area contributed by atoms with Gasteiger partial charge < -0.3 is 15.5 Å². The van der Waals surface area contributed by atoms with E-state index in [9.17, 15) is 0 Å². The molecule has 0 amide bonds. The summed E-state index contributed by atoms with van der Waals surface area (Å²) in [7, 11) is 1.63. The molecule has 1 aromatic carbocycles. The maximum Gasteiger partial charge on any atom is 0.227 e. The van der Waals surface area contributed by atoms with Crippen LogP contribution in [0.5, 0.6) is 5.75 Å². The standard InChI is InChI=1S/C17H16N6O/c1-24-13-6-4-12(5-7-13)21-17-19-10-8-15(22-17)14-11-20-23-16(14)3-2-9-18/h2-11,18H,1H3,(H,20,23)(H,19,21,22)/b3-2-,18-9?. The quantitative estimate of drug-likeness (QED) is 0.605. The summed E-state index contributed by atoms with van der Waals surface area (Å²) in [5.74, 6) is 1.28. The van der Waals surface area contributed by atoms with Crippen molar-refractivity contribution in [2.75, 3.05) is 12.4 Å². The number of nitrogens with one attached hydrogen (secondary N) is 3. The first-order valence-corrected chi connectivity index (χ1v) is 7.25. The van der Waals surface area contributed by atoms with E-state index in [0.29, 0.717) is 5.95 Å². The number of aromatic amines is 1. The van der Waals surface area contributed by atoms with Gasteiger partial charge in [-0.1, -0.05) is 0 Å². The Morgan fingerprint density at radius 1 is 1.21 bits per heavy atom. The molecule has 7 nitrogen and oxygen atoms in total. The average Bonchev–Trinajstić information content (AvgIpc) is 3.09. The molecule has 24 heavy (non-hydrogen) atoms. The SMILES string of the molecule is COc1ccc(Nc2nccc(-c3cn[nH]c3/C=C\C=N)n2)cc1. The molecular weight excluding hydrogens is 304 g/mol. The molecule has 2 heterocycles. The van der Waals surface area contributed by atoms with E-state index in [2.05, 4.69) is 25.5 Å². The molecule has 0 aliphatic rings. The first kappa shape index (κ1) is 15.4. The molecule has 2 aromatic heterocycles. The Labute approximate surface area is 139 Å². The Balaban J connectivity index is 1.85. The van der Waals surface area contributed by atoms with E-state index in [0.717, 1.165) is 28.4 Å². The largest absolute Gasteiger partial charge is 0.497 e. The van der Waals surface area contributed by atoms with Crippen LogP contribution >= 0.6 is 0 Å². The molecule has 0 aliphatic heterocycles. The van der Waals surface area contributed by atoms with E-state index in [1.807, 2.05) is 30.3 Å². The number of ether oxygens (including phenoxy) is 1. The Hall–Kier alpha value is -3.48. The normalized spacial score (nSPS) is 10.7. The smallest absolute Gasteiger partial charge is 0.227 e. The molecule has 0 unspecified atom stereocenters. The van der Waals surface area contributed by atoms with E-state index in [-0.39, 0.29) is 0 Å². The van der Waals surface area contributed by atoms with Gasteiger partial charge in [0.25, 0.3) is 0 Å². The summed E-state index contributed by atoms with van der Waals surface area (Å²) in [4.78, 5) is 8.76. The topological polar surface area (TPSA) is 99.6 Å². The van der Waals surface area contributed by atoms with E-state index >= 15 is 0 Å². The molecule has 7 heteroatoms. The number of rotatable bonds is 6. The van der Waals surface area contributed by atoms with E-state index in [4.69, 9.17) is 10.1 Å². The number of H-pyrrole nitrogens is 1. The van der Waals surface area contributed by atoms with Gasteiger partial charge in [0, 0.05) is 23.7 Å². The van der Waals surface area contributed by atoms with Crippen LogP contribution in [0.4, 0.5) is 11.6 Å². The van der Waals surface area contributed by atoms with Gasteiger partial charge in [0.1, 0.15) is 5.75 Å². The molecule has 0 saturated carbocycles. The number of nitrogens with zero attached hydrogens (tertiary/aromatic N) is 3. The Morgan fingerprint density at radius 2 is 2.04 bits per heavy atom. The molecular formula is C17H16N6O. The van der Waals surface area contributed by atoms with Gasteiger partial charge in [0.05, 0.1) is 24.7 Å². The molecule has 0 fully saturated rings. The lowest BCUT2D eigenvalue weighted by Crippen LogP contribution is -1.98. The summed E-state index contributed by atoms with van der Waals surface area (Å²) >= 11 is 0. The van der Waals surface area contributed by atoms with Crippen molar-refractivity contribution in [1.29, 1.82) is 5.41 Å². The van der Waals surface area contributed by atoms with Crippen LogP contribution in [0.1, 0.15) is 5.69 Å². The molecule has 3 N–H and O–H groups in total. The van der Waals surface area contributed by atoms with Crippen molar-refractivity contribution in [1.82, 2.24) is 20.2 Å². The predicted molar refractivity (Wildman–Crippen MR) is 93.7 cm³/mol.